The van der Waals surface area contributed by atoms with E-state index in [2.05, 4.69) is 4.90 Å². The van der Waals surface area contributed by atoms with E-state index in [1.807, 2.05) is 38.2 Å². The standard InChI is InChI=1S/C18H28N2O3/c1-14(21)15-8-6-10-20(12-15)13-18(22)19(2)11-16-7-4-5-9-17(16)23-3/h4-5,7,9,14-15,21H,6,8,10-13H2,1-3H3. The van der Waals surface area contributed by atoms with Crippen LogP contribution in [0.25, 0.3) is 0 Å². The highest BCUT2D eigenvalue weighted by molar-refractivity contribution is 5.78. The van der Waals surface area contributed by atoms with Gasteiger partial charge in [0.1, 0.15) is 5.75 Å². The molecule has 5 heteroatoms. The van der Waals surface area contributed by atoms with Gasteiger partial charge in [-0.05, 0) is 38.3 Å². The molecule has 1 aromatic carbocycles. The lowest BCUT2D eigenvalue weighted by Gasteiger charge is -2.34. The minimum Gasteiger partial charge on any atom is -0.496 e. The molecular formula is C18H28N2O3. The van der Waals surface area contributed by atoms with Crippen LogP contribution in [0.3, 0.4) is 0 Å². The van der Waals surface area contributed by atoms with E-state index >= 15 is 0 Å². The maximum absolute atomic E-state index is 12.5. The van der Waals surface area contributed by atoms with Gasteiger partial charge in [0, 0.05) is 25.7 Å². The molecule has 1 fully saturated rings. The van der Waals surface area contributed by atoms with E-state index in [1.54, 1.807) is 12.0 Å². The molecule has 1 heterocycles. The molecular weight excluding hydrogens is 292 g/mol. The Morgan fingerprint density at radius 2 is 2.22 bits per heavy atom. The van der Waals surface area contributed by atoms with E-state index in [4.69, 9.17) is 4.74 Å². The number of carbonyl (C=O) groups is 1. The minimum absolute atomic E-state index is 0.0992. The Hall–Kier alpha value is -1.59. The molecule has 0 bridgehead atoms. The van der Waals surface area contributed by atoms with Gasteiger partial charge in [0.15, 0.2) is 0 Å². The van der Waals surface area contributed by atoms with Crippen LogP contribution in [0.4, 0.5) is 0 Å². The minimum atomic E-state index is -0.306. The third kappa shape index (κ3) is 4.94. The summed E-state index contributed by atoms with van der Waals surface area (Å²) in [5.41, 5.74) is 1.01. The average Bonchev–Trinajstić information content (AvgIpc) is 2.55. The molecule has 23 heavy (non-hydrogen) atoms. The number of aliphatic hydroxyl groups excluding tert-OH is 1. The second kappa shape index (κ2) is 8.31. The van der Waals surface area contributed by atoms with Crippen LogP contribution in [0.15, 0.2) is 24.3 Å². The second-order valence-corrected chi connectivity index (χ2v) is 6.44. The largest absolute Gasteiger partial charge is 0.496 e. The topological polar surface area (TPSA) is 53.0 Å². The van der Waals surface area contributed by atoms with Crippen molar-refractivity contribution < 1.29 is 14.6 Å². The van der Waals surface area contributed by atoms with Gasteiger partial charge in [-0.1, -0.05) is 18.2 Å². The van der Waals surface area contributed by atoms with Gasteiger partial charge in [0.2, 0.25) is 5.91 Å². The number of amides is 1. The van der Waals surface area contributed by atoms with Crippen molar-refractivity contribution in [2.75, 3.05) is 33.8 Å². The van der Waals surface area contributed by atoms with Crippen molar-refractivity contribution >= 4 is 5.91 Å². The molecule has 1 aromatic rings. The Bertz CT molecular complexity index is 519. The van der Waals surface area contributed by atoms with E-state index in [0.717, 1.165) is 37.2 Å². The summed E-state index contributed by atoms with van der Waals surface area (Å²) in [6.45, 7) is 4.51. The molecule has 0 spiro atoms. The Kier molecular flexibility index (Phi) is 6.42. The molecule has 2 unspecified atom stereocenters. The van der Waals surface area contributed by atoms with Crippen molar-refractivity contribution in [3.8, 4) is 5.75 Å². The van der Waals surface area contributed by atoms with Crippen molar-refractivity contribution in [1.29, 1.82) is 0 Å². The molecule has 0 aliphatic carbocycles. The molecule has 1 amide bonds. The SMILES string of the molecule is COc1ccccc1CN(C)C(=O)CN1CCCC(C(C)O)C1. The summed E-state index contributed by atoms with van der Waals surface area (Å²) >= 11 is 0. The van der Waals surface area contributed by atoms with Gasteiger partial charge in [-0.15, -0.1) is 0 Å². The lowest BCUT2D eigenvalue weighted by molar-refractivity contribution is -0.132. The lowest BCUT2D eigenvalue weighted by Crippen LogP contribution is -2.45. The van der Waals surface area contributed by atoms with Gasteiger partial charge >= 0.3 is 0 Å². The van der Waals surface area contributed by atoms with Crippen LogP contribution < -0.4 is 4.74 Å². The number of likely N-dealkylation sites (N-methyl/N-ethyl adjacent to an activating group) is 1. The smallest absolute Gasteiger partial charge is 0.236 e. The van der Waals surface area contributed by atoms with Gasteiger partial charge in [-0.3, -0.25) is 9.69 Å². The zero-order valence-corrected chi connectivity index (χ0v) is 14.4. The number of para-hydroxylation sites is 1. The zero-order chi connectivity index (χ0) is 16.8. The molecule has 5 nitrogen and oxygen atoms in total. The molecule has 128 valence electrons. The number of likely N-dealkylation sites (tertiary alicyclic amines) is 1. The van der Waals surface area contributed by atoms with E-state index in [1.165, 1.54) is 0 Å². The van der Waals surface area contributed by atoms with E-state index in [9.17, 15) is 9.90 Å². The highest BCUT2D eigenvalue weighted by Crippen LogP contribution is 2.21. The lowest BCUT2D eigenvalue weighted by atomic mass is 9.93. The van der Waals surface area contributed by atoms with E-state index < -0.39 is 0 Å². The molecule has 0 saturated carbocycles. The molecule has 0 aromatic heterocycles. The summed E-state index contributed by atoms with van der Waals surface area (Å²) in [6, 6.07) is 7.76. The van der Waals surface area contributed by atoms with Crippen molar-refractivity contribution in [2.24, 2.45) is 5.92 Å². The summed E-state index contributed by atoms with van der Waals surface area (Å²) in [6.07, 6.45) is 1.78. The number of ether oxygens (including phenoxy) is 1. The molecule has 0 radical (unpaired) electrons. The summed E-state index contributed by atoms with van der Waals surface area (Å²) in [5.74, 6) is 1.18. The van der Waals surface area contributed by atoms with Crippen molar-refractivity contribution in [3.05, 3.63) is 29.8 Å². The zero-order valence-electron chi connectivity index (χ0n) is 14.4. The summed E-state index contributed by atoms with van der Waals surface area (Å²) in [4.78, 5) is 16.4. The fourth-order valence-corrected chi connectivity index (χ4v) is 3.12. The van der Waals surface area contributed by atoms with Crippen LogP contribution >= 0.6 is 0 Å². The molecule has 2 rings (SSSR count). The maximum atomic E-state index is 12.5. The van der Waals surface area contributed by atoms with Crippen LogP contribution in [-0.4, -0.2) is 60.7 Å². The van der Waals surface area contributed by atoms with Gasteiger partial charge in [0.25, 0.3) is 0 Å². The highest BCUT2D eigenvalue weighted by atomic mass is 16.5. The summed E-state index contributed by atoms with van der Waals surface area (Å²) < 4.78 is 5.34. The number of benzene rings is 1. The monoisotopic (exact) mass is 320 g/mol. The number of rotatable bonds is 6. The fraction of sp³-hybridized carbons (Fsp3) is 0.611. The number of nitrogens with zero attached hydrogens (tertiary/aromatic N) is 2. The van der Waals surface area contributed by atoms with Crippen molar-refractivity contribution in [3.63, 3.8) is 0 Å². The molecule has 1 N–H and O–H groups in total. The number of piperidine rings is 1. The number of hydrogen-bond donors (Lipinski definition) is 1. The first-order chi connectivity index (χ1) is 11.0. The predicted octanol–water partition coefficient (Wildman–Crippen LogP) is 1.75. The van der Waals surface area contributed by atoms with Gasteiger partial charge in [-0.25, -0.2) is 0 Å². The Balaban J connectivity index is 1.90. The van der Waals surface area contributed by atoms with Gasteiger partial charge < -0.3 is 14.7 Å². The van der Waals surface area contributed by atoms with Gasteiger partial charge in [-0.2, -0.15) is 0 Å². The number of methoxy groups -OCH3 is 1. The fourth-order valence-electron chi connectivity index (χ4n) is 3.12. The maximum Gasteiger partial charge on any atom is 0.236 e. The Morgan fingerprint density at radius 3 is 2.91 bits per heavy atom. The molecule has 2 atom stereocenters. The van der Waals surface area contributed by atoms with Crippen LogP contribution in [0.5, 0.6) is 5.75 Å². The third-order valence-corrected chi connectivity index (χ3v) is 4.61. The number of hydrogen-bond acceptors (Lipinski definition) is 4. The molecule has 1 saturated heterocycles. The van der Waals surface area contributed by atoms with Crippen molar-refractivity contribution in [1.82, 2.24) is 9.80 Å². The Labute approximate surface area is 138 Å². The molecule has 1 aliphatic rings. The average molecular weight is 320 g/mol. The van der Waals surface area contributed by atoms with Crippen LogP contribution in [0, 0.1) is 5.92 Å². The van der Waals surface area contributed by atoms with Crippen LogP contribution in [0.1, 0.15) is 25.3 Å². The van der Waals surface area contributed by atoms with Gasteiger partial charge in [0.05, 0.1) is 19.8 Å². The predicted molar refractivity (Wildman–Crippen MR) is 90.3 cm³/mol. The van der Waals surface area contributed by atoms with Crippen LogP contribution in [0.2, 0.25) is 0 Å². The number of aliphatic hydroxyl groups is 1. The Morgan fingerprint density at radius 1 is 1.48 bits per heavy atom. The normalized spacial score (nSPS) is 20.1. The first-order valence-electron chi connectivity index (χ1n) is 8.27. The highest BCUT2D eigenvalue weighted by Gasteiger charge is 2.25. The van der Waals surface area contributed by atoms with Crippen LogP contribution in [-0.2, 0) is 11.3 Å². The molecule has 1 aliphatic heterocycles. The first-order valence-corrected chi connectivity index (χ1v) is 8.27. The third-order valence-electron chi connectivity index (χ3n) is 4.61. The van der Waals surface area contributed by atoms with E-state index in [0.29, 0.717) is 13.1 Å². The number of carbonyl (C=O) groups excluding carboxylic acids is 1. The summed E-state index contributed by atoms with van der Waals surface area (Å²) in [5, 5.41) is 9.75. The quantitative estimate of drug-likeness (QED) is 0.867. The summed E-state index contributed by atoms with van der Waals surface area (Å²) in [7, 11) is 3.47. The first kappa shape index (κ1) is 17.8. The van der Waals surface area contributed by atoms with Crippen molar-refractivity contribution in [2.45, 2.75) is 32.4 Å². The second-order valence-electron chi connectivity index (χ2n) is 6.44. The van der Waals surface area contributed by atoms with E-state index in [-0.39, 0.29) is 17.9 Å².